The lowest BCUT2D eigenvalue weighted by Crippen LogP contribution is -2.17. The van der Waals surface area contributed by atoms with E-state index in [9.17, 15) is 9.90 Å². The minimum Gasteiger partial charge on any atom is -0.512 e. The van der Waals surface area contributed by atoms with Crippen molar-refractivity contribution in [3.63, 3.8) is 0 Å². The van der Waals surface area contributed by atoms with Crippen molar-refractivity contribution in [1.82, 2.24) is 15.3 Å². The highest BCUT2D eigenvalue weighted by Crippen LogP contribution is 2.53. The summed E-state index contributed by atoms with van der Waals surface area (Å²) in [4.78, 5) is 16.7. The Morgan fingerprint density at radius 1 is 1.42 bits per heavy atom. The number of hydrogen-bond acceptors (Lipinski definition) is 7. The van der Waals surface area contributed by atoms with Gasteiger partial charge in [-0.15, -0.1) is 0 Å². The first-order chi connectivity index (χ1) is 12.6. The fourth-order valence-electron chi connectivity index (χ4n) is 3.76. The molecule has 130 valence electrons. The molecule has 2 aromatic heterocycles. The minimum atomic E-state index is -0.386. The highest BCUT2D eigenvalue weighted by molar-refractivity contribution is 5.98. The lowest BCUT2D eigenvalue weighted by Gasteiger charge is -2.22. The monoisotopic (exact) mass is 350 g/mol. The second-order valence-corrected chi connectivity index (χ2v) is 6.27. The van der Waals surface area contributed by atoms with Crippen LogP contribution in [0.15, 0.2) is 52.6 Å². The highest BCUT2D eigenvalue weighted by Gasteiger charge is 2.41. The molecule has 0 amide bonds. The largest absolute Gasteiger partial charge is 0.512 e. The van der Waals surface area contributed by atoms with Gasteiger partial charge >= 0.3 is 5.97 Å². The van der Waals surface area contributed by atoms with Crippen LogP contribution in [-0.2, 0) is 4.79 Å². The van der Waals surface area contributed by atoms with Gasteiger partial charge in [-0.1, -0.05) is 17.3 Å². The third-order valence-electron chi connectivity index (χ3n) is 4.69. The van der Waals surface area contributed by atoms with Crippen molar-refractivity contribution in [3.8, 4) is 5.75 Å². The summed E-state index contributed by atoms with van der Waals surface area (Å²) in [5.74, 6) is 1.68. The number of ether oxygens (including phenoxy) is 1. The lowest BCUT2D eigenvalue weighted by atomic mass is 9.90. The number of rotatable bonds is 2. The fourth-order valence-corrected chi connectivity index (χ4v) is 3.76. The van der Waals surface area contributed by atoms with Gasteiger partial charge in [0.1, 0.15) is 12.0 Å². The number of carbonyl (C=O) groups excluding carboxylic acids is 1. The third kappa shape index (κ3) is 1.98. The van der Waals surface area contributed by atoms with Crippen LogP contribution >= 0.6 is 0 Å². The predicted molar refractivity (Wildman–Crippen MR) is 92.2 cm³/mol. The second kappa shape index (κ2) is 5.22. The summed E-state index contributed by atoms with van der Waals surface area (Å²) in [5, 5.41) is 18.6. The van der Waals surface area contributed by atoms with Gasteiger partial charge in [0.25, 0.3) is 0 Å². The van der Waals surface area contributed by atoms with E-state index < -0.39 is 0 Å². The molecule has 2 N–H and O–H groups in total. The number of H-pyrrole nitrogens is 1. The summed E-state index contributed by atoms with van der Waals surface area (Å²) in [6.45, 7) is 1.37. The second-order valence-electron chi connectivity index (χ2n) is 6.27. The molecule has 0 saturated heterocycles. The van der Waals surface area contributed by atoms with Crippen molar-refractivity contribution >= 4 is 28.5 Å². The number of aliphatic hydroxyl groups is 1. The molecule has 1 aliphatic carbocycles. The molecular formula is C18H14N4O4. The number of para-hydroxylation sites is 1. The Hall–Kier alpha value is -3.55. The van der Waals surface area contributed by atoms with Crippen LogP contribution in [0.4, 0.5) is 11.6 Å². The standard InChI is InChI=1S/C18H14N4O4/c1-9(23)25-14-4-2-3-11-16-12-7-10(24)5-6-13(12)22(15-8-19-26-21-15)18(16)20-17(11)14/h2-6,8,12,20,24H,7H2,1H3. The maximum Gasteiger partial charge on any atom is 0.308 e. The van der Waals surface area contributed by atoms with Crippen LogP contribution < -0.4 is 9.64 Å². The van der Waals surface area contributed by atoms with Crippen LogP contribution in [-0.4, -0.2) is 26.4 Å². The molecule has 1 aromatic carbocycles. The number of aliphatic hydroxyl groups excluding tert-OH is 1. The number of aromatic amines is 1. The van der Waals surface area contributed by atoms with Crippen LogP contribution in [0.3, 0.4) is 0 Å². The van der Waals surface area contributed by atoms with Gasteiger partial charge in [0.2, 0.25) is 5.82 Å². The van der Waals surface area contributed by atoms with Gasteiger partial charge in [-0.25, -0.2) is 4.63 Å². The Balaban J connectivity index is 1.77. The molecule has 0 spiro atoms. The quantitative estimate of drug-likeness (QED) is 0.539. The van der Waals surface area contributed by atoms with E-state index in [0.29, 0.717) is 23.7 Å². The van der Waals surface area contributed by atoms with Gasteiger partial charge in [-0.3, -0.25) is 9.69 Å². The van der Waals surface area contributed by atoms with Gasteiger partial charge in [-0.2, -0.15) is 0 Å². The van der Waals surface area contributed by atoms with Crippen LogP contribution in [0.5, 0.6) is 5.75 Å². The number of nitrogens with one attached hydrogen (secondary N) is 1. The van der Waals surface area contributed by atoms with Gasteiger partial charge in [0.15, 0.2) is 5.75 Å². The molecule has 1 atom stereocenters. The topological polar surface area (TPSA) is 104 Å². The molecule has 1 aliphatic heterocycles. The average molecular weight is 350 g/mol. The maximum absolute atomic E-state index is 11.4. The number of fused-ring (bicyclic) bond motifs is 5. The zero-order chi connectivity index (χ0) is 17.8. The summed E-state index contributed by atoms with van der Waals surface area (Å²) in [6, 6.07) is 5.55. The maximum atomic E-state index is 11.4. The molecule has 3 aromatic rings. The number of anilines is 2. The van der Waals surface area contributed by atoms with E-state index >= 15 is 0 Å². The van der Waals surface area contributed by atoms with Gasteiger partial charge in [0, 0.05) is 35.9 Å². The van der Waals surface area contributed by atoms with Crippen molar-refractivity contribution < 1.29 is 19.3 Å². The first-order valence-electron chi connectivity index (χ1n) is 8.14. The van der Waals surface area contributed by atoms with E-state index in [1.807, 2.05) is 23.1 Å². The van der Waals surface area contributed by atoms with Gasteiger partial charge < -0.3 is 14.8 Å². The van der Waals surface area contributed by atoms with Crippen LogP contribution in [0.25, 0.3) is 10.9 Å². The molecule has 5 rings (SSSR count). The number of nitrogens with zero attached hydrogens (tertiary/aromatic N) is 3. The number of benzene rings is 1. The Morgan fingerprint density at radius 2 is 2.31 bits per heavy atom. The number of hydrogen-bond donors (Lipinski definition) is 2. The zero-order valence-electron chi connectivity index (χ0n) is 13.8. The van der Waals surface area contributed by atoms with Gasteiger partial charge in [0.05, 0.1) is 11.3 Å². The summed E-state index contributed by atoms with van der Waals surface area (Å²) in [7, 11) is 0. The van der Waals surface area contributed by atoms with Crippen molar-refractivity contribution in [2.75, 3.05) is 4.90 Å². The van der Waals surface area contributed by atoms with Crippen molar-refractivity contribution in [3.05, 3.63) is 53.6 Å². The zero-order valence-corrected chi connectivity index (χ0v) is 13.8. The van der Waals surface area contributed by atoms with E-state index in [-0.39, 0.29) is 11.9 Å². The third-order valence-corrected chi connectivity index (χ3v) is 4.69. The number of aromatic nitrogens is 3. The predicted octanol–water partition coefficient (Wildman–Crippen LogP) is 3.44. The molecule has 0 bridgehead atoms. The number of allylic oxidation sites excluding steroid dienone is 4. The Labute approximate surface area is 147 Å². The van der Waals surface area contributed by atoms with E-state index in [2.05, 4.69) is 15.3 Å². The van der Waals surface area contributed by atoms with Crippen LogP contribution in [0.2, 0.25) is 0 Å². The van der Waals surface area contributed by atoms with E-state index in [1.165, 1.54) is 13.1 Å². The number of carbonyl (C=O) groups is 1. The van der Waals surface area contributed by atoms with E-state index in [0.717, 1.165) is 28.0 Å². The van der Waals surface area contributed by atoms with Crippen LogP contribution in [0.1, 0.15) is 24.8 Å². The summed E-state index contributed by atoms with van der Waals surface area (Å²) in [6.07, 6.45) is 5.56. The normalized spacial score (nSPS) is 18.3. The fraction of sp³-hybridized carbons (Fsp3) is 0.167. The molecule has 8 heteroatoms. The first kappa shape index (κ1) is 14.8. The molecule has 0 radical (unpaired) electrons. The first-order valence-corrected chi connectivity index (χ1v) is 8.14. The summed E-state index contributed by atoms with van der Waals surface area (Å²) >= 11 is 0. The van der Waals surface area contributed by atoms with E-state index in [4.69, 9.17) is 9.37 Å². The van der Waals surface area contributed by atoms with Crippen LogP contribution in [0, 0.1) is 0 Å². The Morgan fingerprint density at radius 3 is 3.08 bits per heavy atom. The van der Waals surface area contributed by atoms with E-state index in [1.54, 1.807) is 12.1 Å². The summed E-state index contributed by atoms with van der Waals surface area (Å²) < 4.78 is 10.1. The molecule has 0 saturated carbocycles. The molecule has 1 unspecified atom stereocenters. The van der Waals surface area contributed by atoms with Crippen molar-refractivity contribution in [1.29, 1.82) is 0 Å². The molecule has 8 nitrogen and oxygen atoms in total. The van der Waals surface area contributed by atoms with Gasteiger partial charge in [-0.05, 0) is 23.4 Å². The Kier molecular flexibility index (Phi) is 2.96. The molecular weight excluding hydrogens is 336 g/mol. The lowest BCUT2D eigenvalue weighted by molar-refractivity contribution is -0.131. The average Bonchev–Trinajstić information content (AvgIpc) is 3.29. The molecule has 26 heavy (non-hydrogen) atoms. The summed E-state index contributed by atoms with van der Waals surface area (Å²) in [5.41, 5.74) is 2.71. The van der Waals surface area contributed by atoms with Crippen molar-refractivity contribution in [2.45, 2.75) is 19.3 Å². The smallest absolute Gasteiger partial charge is 0.308 e. The van der Waals surface area contributed by atoms with Crippen molar-refractivity contribution in [2.24, 2.45) is 0 Å². The molecule has 2 aliphatic rings. The Bertz CT molecular complexity index is 1090. The molecule has 3 heterocycles. The minimum absolute atomic E-state index is 0.0481. The number of esters is 1. The highest BCUT2D eigenvalue weighted by atomic mass is 16.6. The SMILES string of the molecule is CC(=O)Oc1cccc2c3c([nH]c12)N(c1cnon1)C1=CC=C(O)CC13. The molecule has 0 fully saturated rings.